The third kappa shape index (κ3) is 20.4. The molecular weight excluding hydrogens is 378 g/mol. The maximum absolute atomic E-state index is 3.12. The number of hydrogen-bond donors (Lipinski definition) is 0. The molecule has 0 amide bonds. The maximum Gasteiger partial charge on any atom is 2.00 e. The Morgan fingerprint density at radius 1 is 1.00 bits per heavy atom. The summed E-state index contributed by atoms with van der Waals surface area (Å²) < 4.78 is 0. The summed E-state index contributed by atoms with van der Waals surface area (Å²) in [6.07, 6.45) is 27.8. The summed E-state index contributed by atoms with van der Waals surface area (Å²) in [5, 5.41) is 0. The Balaban J connectivity index is -0.0000000946. The van der Waals surface area contributed by atoms with Gasteiger partial charge in [0.2, 0.25) is 0 Å². The van der Waals surface area contributed by atoms with Gasteiger partial charge in [0.05, 0.1) is 0 Å². The van der Waals surface area contributed by atoms with E-state index in [0.717, 1.165) is 12.8 Å². The van der Waals surface area contributed by atoms with Gasteiger partial charge in [-0.25, -0.2) is 23.8 Å². The van der Waals surface area contributed by atoms with Crippen molar-refractivity contribution in [3.63, 3.8) is 0 Å². The van der Waals surface area contributed by atoms with Gasteiger partial charge < -0.3 is 38.7 Å². The van der Waals surface area contributed by atoms with E-state index in [4.69, 9.17) is 0 Å². The SMILES string of the molecule is CC1=[C-]CC=C1.[C-]1=CC=CC1.[CH-]1CCCCC1.[CH3-].[Cl-].[Cl-].[Zr+2]. The van der Waals surface area contributed by atoms with Crippen LogP contribution in [-0.2, 0) is 26.2 Å². The summed E-state index contributed by atoms with van der Waals surface area (Å²) >= 11 is 0. The minimum atomic E-state index is 0. The Morgan fingerprint density at radius 3 is 1.81 bits per heavy atom. The largest absolute Gasteiger partial charge is 2.00 e. The minimum absolute atomic E-state index is 0. The monoisotopic (exact) mass is 402 g/mol. The van der Waals surface area contributed by atoms with Crippen LogP contribution in [0, 0.1) is 26.0 Å². The molecule has 3 heteroatoms. The Bertz CT molecular complexity index is 276. The molecule has 0 unspecified atom stereocenters. The van der Waals surface area contributed by atoms with Crippen molar-refractivity contribution < 1.29 is 51.0 Å². The molecular formula is C18H26Cl2Zr-4. The standard InChI is InChI=1S/C6H7.C6H11.C5H5.CH3.2ClH.Zr/c1-6-4-2-3-5-6;1-2-4-6-5-3-1;1-2-4-5-3-1;;;;/h2,4H,3H2,1H3;1H,2-6H2;1-3H,4H2;1H3;2*1H;/q4*-1;;;+2/p-2. The first-order valence-corrected chi connectivity index (χ1v) is 6.67. The molecule has 0 saturated heterocycles. The summed E-state index contributed by atoms with van der Waals surface area (Å²) in [4.78, 5) is 0. The van der Waals surface area contributed by atoms with E-state index in [1.54, 1.807) is 0 Å². The van der Waals surface area contributed by atoms with Gasteiger partial charge in [0.15, 0.2) is 0 Å². The molecule has 3 rings (SSSR count). The second-order valence-electron chi connectivity index (χ2n) is 4.40. The molecule has 0 aromatic carbocycles. The molecule has 1 saturated carbocycles. The Hall–Kier alpha value is 0.423. The molecule has 0 N–H and O–H groups in total. The number of halogens is 2. The second kappa shape index (κ2) is 22.7. The van der Waals surface area contributed by atoms with Gasteiger partial charge in [0.1, 0.15) is 0 Å². The van der Waals surface area contributed by atoms with Crippen LogP contribution < -0.4 is 24.8 Å². The van der Waals surface area contributed by atoms with E-state index in [-0.39, 0.29) is 58.4 Å². The van der Waals surface area contributed by atoms with Crippen molar-refractivity contribution in [2.75, 3.05) is 0 Å². The van der Waals surface area contributed by atoms with E-state index < -0.39 is 0 Å². The van der Waals surface area contributed by atoms with Crippen LogP contribution in [0.25, 0.3) is 0 Å². The summed E-state index contributed by atoms with van der Waals surface area (Å²) in [6, 6.07) is 0. The molecule has 0 atom stereocenters. The molecule has 0 aliphatic heterocycles. The fraction of sp³-hybridized carbons (Fsp3) is 0.444. The molecule has 3 aliphatic rings. The summed E-state index contributed by atoms with van der Waals surface area (Å²) in [7, 11) is 0. The second-order valence-corrected chi connectivity index (χ2v) is 4.40. The molecule has 120 valence electrons. The van der Waals surface area contributed by atoms with Crippen molar-refractivity contribution in [1.82, 2.24) is 0 Å². The van der Waals surface area contributed by atoms with E-state index in [1.165, 1.54) is 37.7 Å². The molecule has 1 fully saturated rings. The van der Waals surface area contributed by atoms with Crippen LogP contribution in [0.4, 0.5) is 0 Å². The summed E-state index contributed by atoms with van der Waals surface area (Å²) in [5.74, 6) is 0. The first-order valence-electron chi connectivity index (χ1n) is 6.67. The van der Waals surface area contributed by atoms with Gasteiger partial charge in [-0.1, -0.05) is 26.2 Å². The van der Waals surface area contributed by atoms with E-state index in [9.17, 15) is 0 Å². The van der Waals surface area contributed by atoms with Crippen LogP contribution >= 0.6 is 0 Å². The molecule has 3 aliphatic carbocycles. The van der Waals surface area contributed by atoms with Gasteiger partial charge in [-0.15, -0.1) is 12.8 Å². The zero-order valence-corrected chi connectivity index (χ0v) is 17.1. The number of hydrogen-bond acceptors (Lipinski definition) is 0. The summed E-state index contributed by atoms with van der Waals surface area (Å²) in [6.45, 7) is 2.06. The first kappa shape index (κ1) is 29.4. The average molecular weight is 405 g/mol. The molecule has 21 heavy (non-hydrogen) atoms. The van der Waals surface area contributed by atoms with Gasteiger partial charge in [-0.2, -0.15) is 25.0 Å². The predicted molar refractivity (Wildman–Crippen MR) is 81.6 cm³/mol. The van der Waals surface area contributed by atoms with Crippen LogP contribution in [-0.4, -0.2) is 0 Å². The average Bonchev–Trinajstić information content (AvgIpc) is 3.07. The van der Waals surface area contributed by atoms with Gasteiger partial charge >= 0.3 is 26.2 Å². The fourth-order valence-corrected chi connectivity index (χ4v) is 1.75. The Labute approximate surface area is 164 Å². The smallest absolute Gasteiger partial charge is 1.00 e. The minimum Gasteiger partial charge on any atom is -1.00 e. The molecule has 0 aromatic rings. The quantitative estimate of drug-likeness (QED) is 0.483. The van der Waals surface area contributed by atoms with Gasteiger partial charge in [-0.3, -0.25) is 12.2 Å². The van der Waals surface area contributed by atoms with Crippen LogP contribution in [0.3, 0.4) is 0 Å². The van der Waals surface area contributed by atoms with Crippen molar-refractivity contribution in [3.8, 4) is 0 Å². The first-order chi connectivity index (χ1) is 8.39. The van der Waals surface area contributed by atoms with Crippen molar-refractivity contribution in [3.05, 3.63) is 62.0 Å². The fourth-order valence-electron chi connectivity index (χ4n) is 1.75. The van der Waals surface area contributed by atoms with Gasteiger partial charge in [0.25, 0.3) is 0 Å². The van der Waals surface area contributed by atoms with Gasteiger partial charge in [0, 0.05) is 0 Å². The van der Waals surface area contributed by atoms with E-state index in [0.29, 0.717) is 0 Å². The van der Waals surface area contributed by atoms with E-state index >= 15 is 0 Å². The molecule has 0 bridgehead atoms. The van der Waals surface area contributed by atoms with Crippen molar-refractivity contribution in [2.24, 2.45) is 0 Å². The van der Waals surface area contributed by atoms with Crippen LogP contribution in [0.5, 0.6) is 0 Å². The van der Waals surface area contributed by atoms with Crippen molar-refractivity contribution >= 4 is 0 Å². The predicted octanol–water partition coefficient (Wildman–Crippen LogP) is -0.388. The number of allylic oxidation sites excluding steroid dienone is 8. The summed E-state index contributed by atoms with van der Waals surface area (Å²) in [5.41, 5.74) is 1.27. The molecule has 0 radical (unpaired) electrons. The molecule has 0 nitrogen and oxygen atoms in total. The molecule has 0 spiro atoms. The van der Waals surface area contributed by atoms with Crippen LogP contribution in [0.15, 0.2) is 36.0 Å². The van der Waals surface area contributed by atoms with Crippen molar-refractivity contribution in [1.29, 1.82) is 0 Å². The van der Waals surface area contributed by atoms with E-state index in [1.807, 2.05) is 12.2 Å². The van der Waals surface area contributed by atoms with Crippen molar-refractivity contribution in [2.45, 2.75) is 51.9 Å². The van der Waals surface area contributed by atoms with E-state index in [2.05, 4.69) is 43.7 Å². The number of rotatable bonds is 0. The Morgan fingerprint density at radius 2 is 1.67 bits per heavy atom. The van der Waals surface area contributed by atoms with Crippen LogP contribution in [0.2, 0.25) is 0 Å². The maximum atomic E-state index is 3.12. The third-order valence-electron chi connectivity index (χ3n) is 2.77. The topological polar surface area (TPSA) is 0 Å². The van der Waals surface area contributed by atoms with Gasteiger partial charge in [-0.05, 0) is 0 Å². The van der Waals surface area contributed by atoms with Crippen LogP contribution in [0.1, 0.15) is 51.9 Å². The molecule has 0 aromatic heterocycles. The third-order valence-corrected chi connectivity index (χ3v) is 2.77. The Kier molecular flexibility index (Phi) is 31.8. The molecule has 0 heterocycles. The zero-order chi connectivity index (χ0) is 12.2. The normalized spacial score (nSPS) is 16.3. The zero-order valence-electron chi connectivity index (χ0n) is 13.2.